The molecule has 1 aromatic rings. The predicted molar refractivity (Wildman–Crippen MR) is 57.3 cm³/mol. The van der Waals surface area contributed by atoms with E-state index in [1.54, 1.807) is 6.07 Å². The molecule has 2 saturated carbocycles. The van der Waals surface area contributed by atoms with Crippen LogP contribution in [0.3, 0.4) is 0 Å². The van der Waals surface area contributed by atoms with Gasteiger partial charge in [-0.3, -0.25) is 4.57 Å². The van der Waals surface area contributed by atoms with Crippen molar-refractivity contribution in [3.63, 3.8) is 0 Å². The largest absolute Gasteiger partial charge is 0.488 e. The van der Waals surface area contributed by atoms with Crippen LogP contribution in [0.5, 0.6) is 0 Å². The molecule has 94 valence electrons. The smallest absolute Gasteiger partial charge is 0.327 e. The van der Waals surface area contributed by atoms with Crippen molar-refractivity contribution >= 4 is 0 Å². The zero-order valence-electron chi connectivity index (χ0n) is 9.32. The lowest BCUT2D eigenvalue weighted by Gasteiger charge is -2.28. The molecule has 2 bridgehead atoms. The van der Waals surface area contributed by atoms with Crippen LogP contribution < -0.4 is 5.73 Å². The second-order valence-electron chi connectivity index (χ2n) is 5.28. The third kappa shape index (κ3) is 1.68. The van der Waals surface area contributed by atoms with Gasteiger partial charge in [-0.25, -0.2) is 0 Å². The molecule has 2 N–H and O–H groups in total. The summed E-state index contributed by atoms with van der Waals surface area (Å²) in [6.07, 6.45) is -0.376. The zero-order chi connectivity index (χ0) is 12.2. The molecule has 2 aliphatic carbocycles. The average Bonchev–Trinajstić information content (AvgIpc) is 2.87. The number of nitrogens with two attached hydrogens (primary N) is 1. The monoisotopic (exact) mass is 244 g/mol. The topological polar surface area (TPSA) is 30.9 Å². The van der Waals surface area contributed by atoms with E-state index in [4.69, 9.17) is 5.73 Å². The Kier molecular flexibility index (Phi) is 2.30. The molecule has 5 heteroatoms. The molecule has 2 fully saturated rings. The van der Waals surface area contributed by atoms with Crippen LogP contribution in [-0.4, -0.2) is 10.6 Å². The fraction of sp³-hybridized carbons (Fsp3) is 0.667. The van der Waals surface area contributed by atoms with Gasteiger partial charge in [-0.05, 0) is 43.2 Å². The molecule has 0 radical (unpaired) electrons. The number of rotatable bonds is 1. The molecule has 2 aliphatic rings. The SMILES string of the molecule is NC1CC2CC(c3cccn3C(F)(F)F)C1C2. The Morgan fingerprint density at radius 3 is 2.59 bits per heavy atom. The lowest BCUT2D eigenvalue weighted by molar-refractivity contribution is -0.205. The molecule has 4 unspecified atom stereocenters. The van der Waals surface area contributed by atoms with Gasteiger partial charge in [0.05, 0.1) is 0 Å². The molecule has 4 atom stereocenters. The van der Waals surface area contributed by atoms with Crippen molar-refractivity contribution < 1.29 is 13.2 Å². The minimum atomic E-state index is -4.31. The van der Waals surface area contributed by atoms with E-state index in [-0.39, 0.29) is 17.9 Å². The molecule has 0 aliphatic heterocycles. The first kappa shape index (κ1) is 11.1. The van der Waals surface area contributed by atoms with Crippen LogP contribution in [0.15, 0.2) is 18.3 Å². The van der Waals surface area contributed by atoms with E-state index in [1.807, 2.05) is 0 Å². The number of halogens is 3. The van der Waals surface area contributed by atoms with Gasteiger partial charge in [-0.1, -0.05) is 0 Å². The lowest BCUT2D eigenvalue weighted by atomic mass is 9.83. The minimum Gasteiger partial charge on any atom is -0.327 e. The fourth-order valence-corrected chi connectivity index (χ4v) is 3.67. The van der Waals surface area contributed by atoms with Crippen LogP contribution in [-0.2, 0) is 6.30 Å². The van der Waals surface area contributed by atoms with E-state index < -0.39 is 6.30 Å². The standard InChI is InChI=1S/C12H15F3N2/c13-12(14,15)17-3-1-2-11(17)9-5-7-4-8(9)10(16)6-7/h1-3,7-10H,4-6,16H2. The summed E-state index contributed by atoms with van der Waals surface area (Å²) in [5.74, 6) is 0.743. The molecule has 0 saturated heterocycles. The Morgan fingerprint density at radius 1 is 1.24 bits per heavy atom. The molecule has 2 nitrogen and oxygen atoms in total. The van der Waals surface area contributed by atoms with Crippen LogP contribution in [0.25, 0.3) is 0 Å². The van der Waals surface area contributed by atoms with Gasteiger partial charge in [-0.15, -0.1) is 13.2 Å². The van der Waals surface area contributed by atoms with Crippen LogP contribution in [0, 0.1) is 11.8 Å². The van der Waals surface area contributed by atoms with Gasteiger partial charge in [0.15, 0.2) is 0 Å². The summed E-state index contributed by atoms with van der Waals surface area (Å²) < 4.78 is 38.9. The quantitative estimate of drug-likeness (QED) is 0.809. The van der Waals surface area contributed by atoms with Crippen molar-refractivity contribution in [3.8, 4) is 0 Å². The number of hydrogen-bond acceptors (Lipinski definition) is 1. The Labute approximate surface area is 97.6 Å². The summed E-state index contributed by atoms with van der Waals surface area (Å²) in [5.41, 5.74) is 6.37. The van der Waals surface area contributed by atoms with Crippen molar-refractivity contribution in [2.75, 3.05) is 0 Å². The van der Waals surface area contributed by atoms with E-state index in [1.165, 1.54) is 6.07 Å². The van der Waals surface area contributed by atoms with Crippen LogP contribution in [0.2, 0.25) is 0 Å². The highest BCUT2D eigenvalue weighted by atomic mass is 19.4. The van der Waals surface area contributed by atoms with E-state index in [2.05, 4.69) is 0 Å². The molecule has 0 amide bonds. The molecule has 17 heavy (non-hydrogen) atoms. The maximum atomic E-state index is 12.8. The van der Waals surface area contributed by atoms with Gasteiger partial charge < -0.3 is 5.73 Å². The minimum absolute atomic E-state index is 0.0135. The molecule has 3 rings (SSSR count). The van der Waals surface area contributed by atoms with Gasteiger partial charge in [0.1, 0.15) is 0 Å². The Balaban J connectivity index is 1.93. The summed E-state index contributed by atoms with van der Waals surface area (Å²) in [7, 11) is 0. The van der Waals surface area contributed by atoms with E-state index in [0.29, 0.717) is 16.2 Å². The van der Waals surface area contributed by atoms with Crippen LogP contribution >= 0.6 is 0 Å². The molecular formula is C12H15F3N2. The third-order valence-corrected chi connectivity index (χ3v) is 4.30. The first-order valence-electron chi connectivity index (χ1n) is 5.97. The van der Waals surface area contributed by atoms with Gasteiger partial charge in [0, 0.05) is 23.9 Å². The highest BCUT2D eigenvalue weighted by Crippen LogP contribution is 2.52. The average molecular weight is 244 g/mol. The maximum Gasteiger partial charge on any atom is 0.488 e. The number of hydrogen-bond donors (Lipinski definition) is 1. The first-order chi connectivity index (χ1) is 7.97. The van der Waals surface area contributed by atoms with E-state index in [0.717, 1.165) is 25.5 Å². The molecule has 1 aromatic heterocycles. The predicted octanol–water partition coefficient (Wildman–Crippen LogP) is 2.81. The Morgan fingerprint density at radius 2 is 2.00 bits per heavy atom. The van der Waals surface area contributed by atoms with Crippen LogP contribution in [0.4, 0.5) is 13.2 Å². The first-order valence-corrected chi connectivity index (χ1v) is 5.97. The van der Waals surface area contributed by atoms with Crippen molar-refractivity contribution in [2.45, 2.75) is 37.5 Å². The van der Waals surface area contributed by atoms with Crippen molar-refractivity contribution in [3.05, 3.63) is 24.0 Å². The number of alkyl halides is 3. The van der Waals surface area contributed by atoms with Crippen molar-refractivity contribution in [1.82, 2.24) is 4.57 Å². The maximum absolute atomic E-state index is 12.8. The van der Waals surface area contributed by atoms with Gasteiger partial charge in [0.25, 0.3) is 0 Å². The number of nitrogens with zero attached hydrogens (tertiary/aromatic N) is 1. The zero-order valence-corrected chi connectivity index (χ0v) is 9.32. The molecule has 0 aromatic carbocycles. The highest BCUT2D eigenvalue weighted by molar-refractivity contribution is 5.20. The summed E-state index contributed by atoms with van der Waals surface area (Å²) in [6, 6.07) is 3.14. The Hall–Kier alpha value is -0.970. The van der Waals surface area contributed by atoms with Crippen molar-refractivity contribution in [1.29, 1.82) is 0 Å². The number of aromatic nitrogens is 1. The van der Waals surface area contributed by atoms with Gasteiger partial charge in [-0.2, -0.15) is 0 Å². The van der Waals surface area contributed by atoms with E-state index >= 15 is 0 Å². The Bertz CT molecular complexity index is 424. The molecule has 0 spiro atoms. The van der Waals surface area contributed by atoms with E-state index in [9.17, 15) is 13.2 Å². The fourth-order valence-electron chi connectivity index (χ4n) is 3.67. The second-order valence-corrected chi connectivity index (χ2v) is 5.28. The normalized spacial score (nSPS) is 36.7. The highest BCUT2D eigenvalue weighted by Gasteiger charge is 2.47. The second kappa shape index (κ2) is 3.51. The van der Waals surface area contributed by atoms with Crippen molar-refractivity contribution in [2.24, 2.45) is 17.6 Å². The van der Waals surface area contributed by atoms with Crippen LogP contribution in [0.1, 0.15) is 30.9 Å². The molecule has 1 heterocycles. The summed E-state index contributed by atoms with van der Waals surface area (Å²) in [4.78, 5) is 0. The third-order valence-electron chi connectivity index (χ3n) is 4.30. The van der Waals surface area contributed by atoms with Gasteiger partial charge in [0.2, 0.25) is 0 Å². The van der Waals surface area contributed by atoms with Gasteiger partial charge >= 0.3 is 6.30 Å². The summed E-state index contributed by atoms with van der Waals surface area (Å²) >= 11 is 0. The number of fused-ring (bicyclic) bond motifs is 2. The molecular weight excluding hydrogens is 229 g/mol. The summed E-state index contributed by atoms with van der Waals surface area (Å²) in [5, 5.41) is 0. The lowest BCUT2D eigenvalue weighted by Crippen LogP contribution is -2.33. The summed E-state index contributed by atoms with van der Waals surface area (Å²) in [6.45, 7) is 0.